The fraction of sp³-hybridized carbons (Fsp3) is 0.0556. The lowest BCUT2D eigenvalue weighted by molar-refractivity contribution is 0.660. The molecule has 0 fully saturated rings. The topological polar surface area (TPSA) is 55.1 Å². The first-order valence-electron chi connectivity index (χ1n) is 20.0. The van der Waals surface area contributed by atoms with Crippen LogP contribution in [0.2, 0.25) is 0 Å². The average molecular weight is 759 g/mol. The molecule has 5 heteroatoms. The number of hydrogen-bond donors (Lipinski definition) is 0. The Labute approximate surface area is 342 Å². The summed E-state index contributed by atoms with van der Waals surface area (Å²) in [5.41, 5.74) is 15.1. The Morgan fingerprint density at radius 1 is 0.373 bits per heavy atom. The summed E-state index contributed by atoms with van der Waals surface area (Å²) >= 11 is 0. The molecule has 0 amide bonds. The van der Waals surface area contributed by atoms with Gasteiger partial charge in [-0.3, -0.25) is 0 Å². The molecule has 0 atom stereocenters. The van der Waals surface area contributed by atoms with E-state index in [0.717, 1.165) is 55.7 Å². The monoisotopic (exact) mass is 758 g/mol. The number of hydrogen-bond acceptors (Lipinski definition) is 5. The fourth-order valence-corrected chi connectivity index (χ4v) is 8.71. The van der Waals surface area contributed by atoms with E-state index in [9.17, 15) is 0 Å². The molecule has 0 bridgehead atoms. The van der Waals surface area contributed by atoms with E-state index in [1.807, 2.05) is 66.7 Å². The molecule has 1 aliphatic rings. The second-order valence-electron chi connectivity index (χ2n) is 15.7. The summed E-state index contributed by atoms with van der Waals surface area (Å²) in [7, 11) is 0. The molecule has 8 aromatic carbocycles. The molecule has 0 saturated heterocycles. The maximum absolute atomic E-state index is 6.59. The Bertz CT molecular complexity index is 3120. The standard InChI is InChI=1S/C54H38N4O/c1-54(2)47-21-13-12-20-43(47)45-33-41(27-30-48(45)54)58(40-25-22-36(23-26-40)35-14-6-3-7-15-35)42-28-31-49-46(34-42)44-29-24-39(32-50(44)59-49)53-56-51(37-16-8-4-9-17-37)55-52(57-53)38-18-10-5-11-19-38/h3-34H,1-2H3. The van der Waals surface area contributed by atoms with Crippen LogP contribution in [0, 0.1) is 0 Å². The largest absolute Gasteiger partial charge is 0.456 e. The molecule has 1 aliphatic carbocycles. The third kappa shape index (κ3) is 5.98. The zero-order valence-electron chi connectivity index (χ0n) is 32.7. The average Bonchev–Trinajstić information content (AvgIpc) is 3.78. The van der Waals surface area contributed by atoms with Crippen molar-refractivity contribution in [3.63, 3.8) is 0 Å². The van der Waals surface area contributed by atoms with E-state index in [2.05, 4.69) is 146 Å². The normalized spacial score (nSPS) is 12.7. The molecule has 0 saturated carbocycles. The van der Waals surface area contributed by atoms with Crippen LogP contribution in [0.5, 0.6) is 0 Å². The fourth-order valence-electron chi connectivity index (χ4n) is 8.71. The quantitative estimate of drug-likeness (QED) is 0.162. The number of furan rings is 1. The molecule has 2 aromatic heterocycles. The number of fused-ring (bicyclic) bond motifs is 6. The molecule has 59 heavy (non-hydrogen) atoms. The van der Waals surface area contributed by atoms with Gasteiger partial charge < -0.3 is 9.32 Å². The predicted octanol–water partition coefficient (Wildman–Crippen LogP) is 14.2. The van der Waals surface area contributed by atoms with Crippen molar-refractivity contribution in [3.05, 3.63) is 205 Å². The van der Waals surface area contributed by atoms with Crippen LogP contribution in [0.25, 0.3) is 78.4 Å². The summed E-state index contributed by atoms with van der Waals surface area (Å²) in [5.74, 6) is 1.84. The highest BCUT2D eigenvalue weighted by molar-refractivity contribution is 6.07. The van der Waals surface area contributed by atoms with Crippen LogP contribution in [0.1, 0.15) is 25.0 Å². The van der Waals surface area contributed by atoms with Gasteiger partial charge in [-0.15, -0.1) is 0 Å². The summed E-state index contributed by atoms with van der Waals surface area (Å²) in [5, 5.41) is 2.06. The summed E-state index contributed by atoms with van der Waals surface area (Å²) in [6.07, 6.45) is 0. The van der Waals surface area contributed by atoms with E-state index in [1.165, 1.54) is 33.4 Å². The summed E-state index contributed by atoms with van der Waals surface area (Å²) in [6, 6.07) is 68.0. The van der Waals surface area contributed by atoms with Gasteiger partial charge >= 0.3 is 0 Å². The van der Waals surface area contributed by atoms with Crippen molar-refractivity contribution >= 4 is 39.0 Å². The molecule has 280 valence electrons. The lowest BCUT2D eigenvalue weighted by Gasteiger charge is -2.27. The van der Waals surface area contributed by atoms with Crippen molar-refractivity contribution in [3.8, 4) is 56.4 Å². The van der Waals surface area contributed by atoms with E-state index in [0.29, 0.717) is 17.5 Å². The zero-order valence-corrected chi connectivity index (χ0v) is 32.7. The first kappa shape index (κ1) is 34.6. The van der Waals surface area contributed by atoms with E-state index in [-0.39, 0.29) is 5.41 Å². The minimum Gasteiger partial charge on any atom is -0.456 e. The van der Waals surface area contributed by atoms with Gasteiger partial charge in [-0.05, 0) is 88.0 Å². The van der Waals surface area contributed by atoms with Crippen molar-refractivity contribution in [1.29, 1.82) is 0 Å². The molecule has 0 N–H and O–H groups in total. The van der Waals surface area contributed by atoms with Gasteiger partial charge in [0.2, 0.25) is 0 Å². The third-order valence-electron chi connectivity index (χ3n) is 11.7. The number of benzene rings is 8. The Hall–Kier alpha value is -7.63. The Balaban J connectivity index is 1.03. The van der Waals surface area contributed by atoms with Crippen molar-refractivity contribution in [2.45, 2.75) is 19.3 Å². The highest BCUT2D eigenvalue weighted by Crippen LogP contribution is 2.51. The molecular weight excluding hydrogens is 721 g/mol. The van der Waals surface area contributed by atoms with Gasteiger partial charge in [-0.2, -0.15) is 0 Å². The first-order valence-corrected chi connectivity index (χ1v) is 20.0. The number of aromatic nitrogens is 3. The van der Waals surface area contributed by atoms with Crippen molar-refractivity contribution in [2.24, 2.45) is 0 Å². The van der Waals surface area contributed by atoms with Crippen LogP contribution in [0.4, 0.5) is 17.1 Å². The van der Waals surface area contributed by atoms with Gasteiger partial charge in [0.1, 0.15) is 11.2 Å². The van der Waals surface area contributed by atoms with E-state index in [4.69, 9.17) is 19.4 Å². The van der Waals surface area contributed by atoms with Crippen molar-refractivity contribution in [2.75, 3.05) is 4.90 Å². The highest BCUT2D eigenvalue weighted by Gasteiger charge is 2.35. The van der Waals surface area contributed by atoms with Crippen LogP contribution in [-0.4, -0.2) is 15.0 Å². The molecule has 0 unspecified atom stereocenters. The molecule has 11 rings (SSSR count). The molecular formula is C54H38N4O. The summed E-state index contributed by atoms with van der Waals surface area (Å²) in [6.45, 7) is 4.65. The second kappa shape index (κ2) is 13.8. The lowest BCUT2D eigenvalue weighted by Crippen LogP contribution is -2.15. The second-order valence-corrected chi connectivity index (χ2v) is 15.7. The van der Waals surface area contributed by atoms with Crippen LogP contribution < -0.4 is 4.90 Å². The maximum Gasteiger partial charge on any atom is 0.164 e. The van der Waals surface area contributed by atoms with Gasteiger partial charge in [0, 0.05) is 49.9 Å². The minimum absolute atomic E-state index is 0.0758. The lowest BCUT2D eigenvalue weighted by atomic mass is 9.82. The summed E-state index contributed by atoms with van der Waals surface area (Å²) in [4.78, 5) is 17.2. The molecule has 0 spiro atoms. The van der Waals surface area contributed by atoms with Gasteiger partial charge in [-0.25, -0.2) is 15.0 Å². The molecule has 0 aliphatic heterocycles. The smallest absolute Gasteiger partial charge is 0.164 e. The van der Waals surface area contributed by atoms with Gasteiger partial charge in [-0.1, -0.05) is 153 Å². The van der Waals surface area contributed by atoms with Gasteiger partial charge in [0.25, 0.3) is 0 Å². The van der Waals surface area contributed by atoms with Crippen LogP contribution in [0.3, 0.4) is 0 Å². The summed E-state index contributed by atoms with van der Waals surface area (Å²) < 4.78 is 6.59. The zero-order chi connectivity index (χ0) is 39.5. The molecule has 2 heterocycles. The van der Waals surface area contributed by atoms with Gasteiger partial charge in [0.15, 0.2) is 17.5 Å². The van der Waals surface area contributed by atoms with Crippen molar-refractivity contribution in [1.82, 2.24) is 15.0 Å². The van der Waals surface area contributed by atoms with E-state index >= 15 is 0 Å². The number of anilines is 3. The predicted molar refractivity (Wildman–Crippen MR) is 241 cm³/mol. The molecule has 5 nitrogen and oxygen atoms in total. The van der Waals surface area contributed by atoms with E-state index in [1.54, 1.807) is 0 Å². The SMILES string of the molecule is CC1(C)c2ccccc2-c2cc(N(c3ccc(-c4ccccc4)cc3)c3ccc4oc5cc(-c6nc(-c7ccccc7)nc(-c7ccccc7)n6)ccc5c4c3)ccc21. The number of nitrogens with zero attached hydrogens (tertiary/aromatic N) is 4. The minimum atomic E-state index is -0.0758. The Kier molecular flexibility index (Phi) is 8.09. The maximum atomic E-state index is 6.59. The highest BCUT2D eigenvalue weighted by atomic mass is 16.3. The van der Waals surface area contributed by atoms with E-state index < -0.39 is 0 Å². The van der Waals surface area contributed by atoms with Gasteiger partial charge in [0.05, 0.1) is 0 Å². The third-order valence-corrected chi connectivity index (χ3v) is 11.7. The van der Waals surface area contributed by atoms with Crippen LogP contribution in [0.15, 0.2) is 199 Å². The Morgan fingerprint density at radius 3 is 1.56 bits per heavy atom. The molecule has 0 radical (unpaired) electrons. The van der Waals surface area contributed by atoms with Crippen LogP contribution in [-0.2, 0) is 5.41 Å². The first-order chi connectivity index (χ1) is 29.0. The Morgan fingerprint density at radius 2 is 0.881 bits per heavy atom. The van der Waals surface area contributed by atoms with Crippen LogP contribution >= 0.6 is 0 Å². The number of rotatable bonds is 7. The van der Waals surface area contributed by atoms with Crippen molar-refractivity contribution < 1.29 is 4.42 Å². The molecule has 10 aromatic rings.